The molecule has 116 valence electrons. The van der Waals surface area contributed by atoms with Crippen molar-refractivity contribution in [2.24, 2.45) is 0 Å². The van der Waals surface area contributed by atoms with Gasteiger partial charge in [0.15, 0.2) is 0 Å². The molecule has 1 aromatic heterocycles. The van der Waals surface area contributed by atoms with Crippen molar-refractivity contribution in [2.75, 3.05) is 14.2 Å². The molecule has 0 bridgehead atoms. The third kappa shape index (κ3) is 3.20. The van der Waals surface area contributed by atoms with E-state index < -0.39 is 0 Å². The van der Waals surface area contributed by atoms with Crippen LogP contribution in [0.2, 0.25) is 0 Å². The van der Waals surface area contributed by atoms with E-state index >= 15 is 0 Å². The maximum Gasteiger partial charge on any atom is 0.126 e. The molecule has 1 heterocycles. The van der Waals surface area contributed by atoms with Gasteiger partial charge in [-0.15, -0.1) is 0 Å². The molecule has 0 N–H and O–H groups in total. The van der Waals surface area contributed by atoms with E-state index in [2.05, 4.69) is 41.1 Å². The first kappa shape index (κ1) is 15.2. The van der Waals surface area contributed by atoms with Crippen molar-refractivity contribution in [1.82, 2.24) is 0 Å². The molecule has 0 aliphatic heterocycles. The zero-order valence-electron chi connectivity index (χ0n) is 13.2. The molecule has 1 aromatic carbocycles. The number of thiophene rings is 1. The fraction of sp³-hybridized carbons (Fsp3) is 0.368. The number of benzene rings is 1. The van der Waals surface area contributed by atoms with Crippen LogP contribution in [0, 0.1) is 0 Å². The van der Waals surface area contributed by atoms with Gasteiger partial charge >= 0.3 is 0 Å². The topological polar surface area (TPSA) is 18.5 Å². The van der Waals surface area contributed by atoms with Crippen molar-refractivity contribution in [1.29, 1.82) is 0 Å². The van der Waals surface area contributed by atoms with E-state index in [0.717, 1.165) is 17.1 Å². The summed E-state index contributed by atoms with van der Waals surface area (Å²) in [6, 6.07) is 6.36. The Bertz CT molecular complexity index is 612. The number of rotatable bonds is 5. The summed E-state index contributed by atoms with van der Waals surface area (Å²) in [5, 5.41) is 4.22. The maximum atomic E-state index is 5.67. The SMILES string of the molecule is COc1cc(/C=C/c2ccsc2)cc(OC)c1C1CCCC1. The lowest BCUT2D eigenvalue weighted by molar-refractivity contribution is 0.378. The third-order valence-electron chi connectivity index (χ3n) is 4.34. The molecule has 0 radical (unpaired) electrons. The standard InChI is InChI=1S/C19H22O2S/c1-20-17-11-15(8-7-14-9-10-22-13-14)12-18(21-2)19(17)16-5-3-4-6-16/h7-13,16H,3-6H2,1-2H3/b8-7+. The van der Waals surface area contributed by atoms with E-state index in [1.165, 1.54) is 36.8 Å². The molecular formula is C19H22O2S. The maximum absolute atomic E-state index is 5.67. The molecule has 22 heavy (non-hydrogen) atoms. The Morgan fingerprint density at radius 2 is 1.64 bits per heavy atom. The Hall–Kier alpha value is -1.74. The lowest BCUT2D eigenvalue weighted by Crippen LogP contribution is -2.01. The van der Waals surface area contributed by atoms with Crippen LogP contribution in [0.1, 0.15) is 48.3 Å². The van der Waals surface area contributed by atoms with Gasteiger partial charge in [0.05, 0.1) is 14.2 Å². The highest BCUT2D eigenvalue weighted by molar-refractivity contribution is 7.08. The van der Waals surface area contributed by atoms with Gasteiger partial charge in [0.1, 0.15) is 11.5 Å². The Morgan fingerprint density at radius 1 is 1.00 bits per heavy atom. The highest BCUT2D eigenvalue weighted by Crippen LogP contribution is 2.44. The van der Waals surface area contributed by atoms with Crippen LogP contribution in [-0.2, 0) is 0 Å². The largest absolute Gasteiger partial charge is 0.496 e. The summed E-state index contributed by atoms with van der Waals surface area (Å²) in [6.07, 6.45) is 9.31. The van der Waals surface area contributed by atoms with E-state index in [-0.39, 0.29) is 0 Å². The van der Waals surface area contributed by atoms with Crippen molar-refractivity contribution in [2.45, 2.75) is 31.6 Å². The molecule has 0 spiro atoms. The van der Waals surface area contributed by atoms with Gasteiger partial charge in [-0.25, -0.2) is 0 Å². The second-order valence-corrected chi connectivity index (χ2v) is 6.49. The van der Waals surface area contributed by atoms with Gasteiger partial charge in [-0.2, -0.15) is 11.3 Å². The summed E-state index contributed by atoms with van der Waals surface area (Å²) in [6.45, 7) is 0. The minimum Gasteiger partial charge on any atom is -0.496 e. The molecule has 1 fully saturated rings. The second kappa shape index (κ2) is 7.01. The minimum atomic E-state index is 0.569. The van der Waals surface area contributed by atoms with Crippen LogP contribution in [0.25, 0.3) is 12.2 Å². The molecule has 0 unspecified atom stereocenters. The van der Waals surface area contributed by atoms with Crippen molar-refractivity contribution in [3.05, 3.63) is 45.6 Å². The van der Waals surface area contributed by atoms with Crippen molar-refractivity contribution in [3.8, 4) is 11.5 Å². The quantitative estimate of drug-likeness (QED) is 0.716. The summed E-state index contributed by atoms with van der Waals surface area (Å²) in [7, 11) is 3.50. The van der Waals surface area contributed by atoms with E-state index in [1.54, 1.807) is 25.6 Å². The number of methoxy groups -OCH3 is 2. The summed E-state index contributed by atoms with van der Waals surface area (Å²) in [5.41, 5.74) is 3.58. The molecular weight excluding hydrogens is 292 g/mol. The van der Waals surface area contributed by atoms with Gasteiger partial charge in [0.25, 0.3) is 0 Å². The highest BCUT2D eigenvalue weighted by atomic mass is 32.1. The van der Waals surface area contributed by atoms with Crippen LogP contribution in [0.3, 0.4) is 0 Å². The fourth-order valence-corrected chi connectivity index (χ4v) is 3.86. The predicted octanol–water partition coefficient (Wildman–Crippen LogP) is 5.59. The first-order valence-corrected chi connectivity index (χ1v) is 8.72. The predicted molar refractivity (Wildman–Crippen MR) is 94.0 cm³/mol. The zero-order valence-corrected chi connectivity index (χ0v) is 14.0. The molecule has 2 nitrogen and oxygen atoms in total. The second-order valence-electron chi connectivity index (χ2n) is 5.71. The molecule has 1 aliphatic carbocycles. The number of hydrogen-bond acceptors (Lipinski definition) is 3. The smallest absolute Gasteiger partial charge is 0.126 e. The monoisotopic (exact) mass is 314 g/mol. The normalized spacial score (nSPS) is 15.5. The lowest BCUT2D eigenvalue weighted by Gasteiger charge is -2.19. The van der Waals surface area contributed by atoms with Gasteiger partial charge in [-0.3, -0.25) is 0 Å². The van der Waals surface area contributed by atoms with Crippen LogP contribution in [0.4, 0.5) is 0 Å². The fourth-order valence-electron chi connectivity index (χ4n) is 3.23. The average Bonchev–Trinajstić information content (AvgIpc) is 3.25. The van der Waals surface area contributed by atoms with E-state index in [0.29, 0.717) is 5.92 Å². The van der Waals surface area contributed by atoms with Crippen molar-refractivity contribution in [3.63, 3.8) is 0 Å². The summed E-state index contributed by atoms with van der Waals surface area (Å²) < 4.78 is 11.3. The molecule has 3 rings (SSSR count). The molecule has 1 aliphatic rings. The number of ether oxygens (including phenoxy) is 2. The molecule has 0 saturated heterocycles. The summed E-state index contributed by atoms with van der Waals surface area (Å²) in [4.78, 5) is 0. The Kier molecular flexibility index (Phi) is 4.84. The Balaban J connectivity index is 1.95. The van der Waals surface area contributed by atoms with Gasteiger partial charge in [-0.05, 0) is 58.8 Å². The summed E-state index contributed by atoms with van der Waals surface area (Å²) >= 11 is 1.71. The van der Waals surface area contributed by atoms with Gasteiger partial charge in [-0.1, -0.05) is 25.0 Å². The average molecular weight is 314 g/mol. The van der Waals surface area contributed by atoms with Gasteiger partial charge in [0.2, 0.25) is 0 Å². The van der Waals surface area contributed by atoms with Crippen LogP contribution < -0.4 is 9.47 Å². The van der Waals surface area contributed by atoms with E-state index in [9.17, 15) is 0 Å². The molecule has 0 atom stereocenters. The zero-order chi connectivity index (χ0) is 15.4. The van der Waals surface area contributed by atoms with Crippen molar-refractivity contribution >= 4 is 23.5 Å². The Labute approximate surface area is 136 Å². The lowest BCUT2D eigenvalue weighted by atomic mass is 9.94. The number of hydrogen-bond donors (Lipinski definition) is 0. The van der Waals surface area contributed by atoms with Crippen LogP contribution in [0.15, 0.2) is 29.0 Å². The van der Waals surface area contributed by atoms with Crippen molar-refractivity contribution < 1.29 is 9.47 Å². The summed E-state index contributed by atoms with van der Waals surface area (Å²) in [5.74, 6) is 2.48. The van der Waals surface area contributed by atoms with Gasteiger partial charge in [0, 0.05) is 5.56 Å². The van der Waals surface area contributed by atoms with Crippen LogP contribution >= 0.6 is 11.3 Å². The highest BCUT2D eigenvalue weighted by Gasteiger charge is 2.24. The first-order valence-electron chi connectivity index (χ1n) is 7.78. The molecule has 1 saturated carbocycles. The first-order chi connectivity index (χ1) is 10.8. The van der Waals surface area contributed by atoms with Crippen LogP contribution in [0.5, 0.6) is 11.5 Å². The molecule has 0 amide bonds. The minimum absolute atomic E-state index is 0.569. The Morgan fingerprint density at radius 3 is 2.18 bits per heavy atom. The van der Waals surface area contributed by atoms with E-state index in [4.69, 9.17) is 9.47 Å². The van der Waals surface area contributed by atoms with Crippen LogP contribution in [-0.4, -0.2) is 14.2 Å². The molecule has 2 aromatic rings. The van der Waals surface area contributed by atoms with E-state index in [1.807, 2.05) is 0 Å². The molecule has 3 heteroatoms. The third-order valence-corrected chi connectivity index (χ3v) is 5.04. The van der Waals surface area contributed by atoms with Gasteiger partial charge < -0.3 is 9.47 Å².